The molecule has 1 aromatic heterocycles. The van der Waals surface area contributed by atoms with Crippen LogP contribution in [0, 0.1) is 10.1 Å². The smallest absolute Gasteiger partial charge is 0.340 e. The highest BCUT2D eigenvalue weighted by atomic mass is 16.6. The summed E-state index contributed by atoms with van der Waals surface area (Å²) in [4.78, 5) is 46.5. The van der Waals surface area contributed by atoms with Crippen LogP contribution in [0.5, 0.6) is 0 Å². The van der Waals surface area contributed by atoms with Crippen LogP contribution in [0.4, 0.5) is 5.69 Å². The largest absolute Gasteiger partial charge is 0.465 e. The monoisotopic (exact) mass is 384 g/mol. The molecule has 0 fully saturated rings. The average molecular weight is 384 g/mol. The minimum atomic E-state index is -0.990. The predicted octanol–water partition coefficient (Wildman–Crippen LogP) is 1.30. The summed E-state index contributed by atoms with van der Waals surface area (Å²) in [6.45, 7) is -0.564. The number of aromatic nitrogens is 3. The van der Waals surface area contributed by atoms with E-state index < -0.39 is 34.8 Å². The number of nitro benzene ring substituents is 1. The molecule has 0 unspecified atom stereocenters. The van der Waals surface area contributed by atoms with E-state index in [0.29, 0.717) is 5.52 Å². The SMILES string of the molecule is COC(=O)c1cc(C(=O)OCn2nnc3ccccc3c2=O)cc([N+](=O)[O-])c1. The summed E-state index contributed by atoms with van der Waals surface area (Å²) >= 11 is 0. The van der Waals surface area contributed by atoms with E-state index in [4.69, 9.17) is 4.74 Å². The van der Waals surface area contributed by atoms with E-state index in [2.05, 4.69) is 15.0 Å². The number of hydrogen-bond donors (Lipinski definition) is 0. The maximum Gasteiger partial charge on any atom is 0.340 e. The molecule has 11 nitrogen and oxygen atoms in total. The Kier molecular flexibility index (Phi) is 5.07. The summed E-state index contributed by atoms with van der Waals surface area (Å²) in [5, 5.41) is 18.8. The zero-order chi connectivity index (χ0) is 20.3. The van der Waals surface area contributed by atoms with Crippen molar-refractivity contribution in [1.82, 2.24) is 15.0 Å². The van der Waals surface area contributed by atoms with Crippen molar-refractivity contribution in [2.75, 3.05) is 7.11 Å². The molecule has 0 amide bonds. The zero-order valence-electron chi connectivity index (χ0n) is 14.4. The van der Waals surface area contributed by atoms with Gasteiger partial charge in [-0.3, -0.25) is 14.9 Å². The summed E-state index contributed by atoms with van der Waals surface area (Å²) < 4.78 is 10.3. The molecule has 0 spiro atoms. The lowest BCUT2D eigenvalue weighted by Crippen LogP contribution is -2.26. The number of esters is 2. The lowest BCUT2D eigenvalue weighted by molar-refractivity contribution is -0.384. The van der Waals surface area contributed by atoms with Gasteiger partial charge in [0.2, 0.25) is 0 Å². The second-order valence-corrected chi connectivity index (χ2v) is 5.49. The van der Waals surface area contributed by atoms with Gasteiger partial charge in [0.1, 0.15) is 5.52 Å². The van der Waals surface area contributed by atoms with E-state index in [-0.39, 0.29) is 16.5 Å². The van der Waals surface area contributed by atoms with Gasteiger partial charge in [0, 0.05) is 12.1 Å². The van der Waals surface area contributed by atoms with Crippen LogP contribution in [0.15, 0.2) is 47.3 Å². The van der Waals surface area contributed by atoms with Gasteiger partial charge in [0.05, 0.1) is 28.5 Å². The summed E-state index contributed by atoms with van der Waals surface area (Å²) in [6, 6.07) is 9.52. The van der Waals surface area contributed by atoms with Crippen molar-refractivity contribution in [2.45, 2.75) is 6.73 Å². The van der Waals surface area contributed by atoms with E-state index in [1.807, 2.05) is 0 Å². The third kappa shape index (κ3) is 3.67. The molecule has 0 saturated carbocycles. The summed E-state index contributed by atoms with van der Waals surface area (Å²) in [5.41, 5.74) is -1.07. The first-order valence-electron chi connectivity index (χ1n) is 7.78. The third-order valence-corrected chi connectivity index (χ3v) is 3.73. The fourth-order valence-electron chi connectivity index (χ4n) is 2.38. The molecule has 0 aliphatic carbocycles. The molecule has 3 rings (SSSR count). The minimum Gasteiger partial charge on any atom is -0.465 e. The van der Waals surface area contributed by atoms with Gasteiger partial charge in [0.25, 0.3) is 11.2 Å². The quantitative estimate of drug-likeness (QED) is 0.361. The standard InChI is InChI=1S/C17H12N4O7/c1-27-16(23)10-6-11(8-12(7-10)21(25)26)17(24)28-9-20-15(22)13-4-2-3-5-14(13)18-19-20/h2-8H,9H2,1H3. The molecule has 28 heavy (non-hydrogen) atoms. The first-order valence-corrected chi connectivity index (χ1v) is 7.78. The van der Waals surface area contributed by atoms with Crippen molar-refractivity contribution in [1.29, 1.82) is 0 Å². The van der Waals surface area contributed by atoms with Gasteiger partial charge in [0.15, 0.2) is 6.73 Å². The van der Waals surface area contributed by atoms with E-state index in [1.54, 1.807) is 24.3 Å². The van der Waals surface area contributed by atoms with Gasteiger partial charge < -0.3 is 9.47 Å². The van der Waals surface area contributed by atoms with Crippen LogP contribution in [-0.4, -0.2) is 39.0 Å². The van der Waals surface area contributed by atoms with Crippen molar-refractivity contribution >= 4 is 28.5 Å². The first-order chi connectivity index (χ1) is 13.4. The zero-order valence-corrected chi connectivity index (χ0v) is 14.4. The van der Waals surface area contributed by atoms with Crippen LogP contribution in [0.2, 0.25) is 0 Å². The molecule has 11 heteroatoms. The Labute approximate surface area is 156 Å². The number of nitro groups is 1. The predicted molar refractivity (Wildman–Crippen MR) is 93.6 cm³/mol. The Morgan fingerprint density at radius 1 is 1.14 bits per heavy atom. The Morgan fingerprint density at radius 2 is 1.82 bits per heavy atom. The molecule has 0 atom stereocenters. The molecule has 0 aliphatic rings. The average Bonchev–Trinajstić information content (AvgIpc) is 2.72. The first kappa shape index (κ1) is 18.6. The number of ether oxygens (including phenoxy) is 2. The second kappa shape index (κ2) is 7.61. The molecular formula is C17H12N4O7. The lowest BCUT2D eigenvalue weighted by Gasteiger charge is -2.07. The molecule has 0 N–H and O–H groups in total. The molecule has 0 aliphatic heterocycles. The van der Waals surface area contributed by atoms with Crippen LogP contribution < -0.4 is 5.56 Å². The van der Waals surface area contributed by atoms with Crippen molar-refractivity contribution in [3.8, 4) is 0 Å². The Hall–Kier alpha value is -4.15. The Morgan fingerprint density at radius 3 is 2.50 bits per heavy atom. The summed E-state index contributed by atoms with van der Waals surface area (Å²) in [5.74, 6) is -1.84. The Balaban J connectivity index is 1.86. The molecule has 3 aromatic rings. The number of carbonyl (C=O) groups excluding carboxylic acids is 2. The number of hydrogen-bond acceptors (Lipinski definition) is 9. The molecule has 0 radical (unpaired) electrons. The van der Waals surface area contributed by atoms with Crippen LogP contribution >= 0.6 is 0 Å². The molecule has 1 heterocycles. The maximum absolute atomic E-state index is 12.3. The Bertz CT molecular complexity index is 1160. The van der Waals surface area contributed by atoms with Crippen LogP contribution in [-0.2, 0) is 16.2 Å². The molecule has 2 aromatic carbocycles. The fourth-order valence-corrected chi connectivity index (χ4v) is 2.38. The number of rotatable bonds is 5. The van der Waals surface area contributed by atoms with Gasteiger partial charge in [-0.25, -0.2) is 9.59 Å². The van der Waals surface area contributed by atoms with E-state index in [9.17, 15) is 24.5 Å². The highest BCUT2D eigenvalue weighted by Gasteiger charge is 2.19. The summed E-state index contributed by atoms with van der Waals surface area (Å²) in [7, 11) is 1.10. The number of nitrogens with zero attached hydrogens (tertiary/aromatic N) is 4. The van der Waals surface area contributed by atoms with Crippen molar-refractivity contribution in [3.63, 3.8) is 0 Å². The van der Waals surface area contributed by atoms with E-state index in [1.165, 1.54) is 0 Å². The molecule has 0 saturated heterocycles. The van der Waals surface area contributed by atoms with Gasteiger partial charge in [-0.05, 0) is 18.2 Å². The fraction of sp³-hybridized carbons (Fsp3) is 0.118. The molecular weight excluding hydrogens is 372 g/mol. The van der Waals surface area contributed by atoms with Crippen LogP contribution in [0.3, 0.4) is 0 Å². The summed E-state index contributed by atoms with van der Waals surface area (Å²) in [6.07, 6.45) is 0. The number of carbonyl (C=O) groups is 2. The van der Waals surface area contributed by atoms with Gasteiger partial charge in [-0.2, -0.15) is 4.68 Å². The highest BCUT2D eigenvalue weighted by Crippen LogP contribution is 2.19. The second-order valence-electron chi connectivity index (χ2n) is 5.49. The minimum absolute atomic E-state index is 0.189. The van der Waals surface area contributed by atoms with Gasteiger partial charge in [-0.1, -0.05) is 17.3 Å². The number of methoxy groups -OCH3 is 1. The lowest BCUT2D eigenvalue weighted by atomic mass is 10.1. The van der Waals surface area contributed by atoms with E-state index in [0.717, 1.165) is 30.0 Å². The third-order valence-electron chi connectivity index (χ3n) is 3.73. The van der Waals surface area contributed by atoms with Crippen LogP contribution in [0.25, 0.3) is 10.9 Å². The molecule has 142 valence electrons. The van der Waals surface area contributed by atoms with Crippen molar-refractivity contribution in [3.05, 3.63) is 74.1 Å². The maximum atomic E-state index is 12.3. The topological polar surface area (TPSA) is 144 Å². The number of fused-ring (bicyclic) bond motifs is 1. The number of benzene rings is 2. The highest BCUT2D eigenvalue weighted by molar-refractivity contribution is 5.96. The van der Waals surface area contributed by atoms with Crippen LogP contribution in [0.1, 0.15) is 20.7 Å². The van der Waals surface area contributed by atoms with Crippen molar-refractivity contribution < 1.29 is 24.0 Å². The number of non-ortho nitro benzene ring substituents is 1. The molecule has 0 bridgehead atoms. The van der Waals surface area contributed by atoms with E-state index >= 15 is 0 Å². The van der Waals surface area contributed by atoms with Gasteiger partial charge >= 0.3 is 11.9 Å². The van der Waals surface area contributed by atoms with Crippen molar-refractivity contribution in [2.24, 2.45) is 0 Å². The van der Waals surface area contributed by atoms with Gasteiger partial charge in [-0.15, -0.1) is 5.10 Å². The normalized spacial score (nSPS) is 10.5.